The first-order chi connectivity index (χ1) is 11.1. The lowest BCUT2D eigenvalue weighted by Crippen LogP contribution is -2.44. The molecule has 23 heavy (non-hydrogen) atoms. The van der Waals surface area contributed by atoms with E-state index in [4.69, 9.17) is 5.73 Å². The molecule has 1 saturated carbocycles. The molecule has 1 aromatic carbocycles. The van der Waals surface area contributed by atoms with E-state index < -0.39 is 0 Å². The topological polar surface area (TPSA) is 66.6 Å². The van der Waals surface area contributed by atoms with Crippen molar-refractivity contribution in [3.8, 4) is 0 Å². The van der Waals surface area contributed by atoms with Crippen LogP contribution in [-0.2, 0) is 9.59 Å². The van der Waals surface area contributed by atoms with Gasteiger partial charge in [0.2, 0.25) is 11.8 Å². The van der Waals surface area contributed by atoms with Crippen LogP contribution >= 0.6 is 0 Å². The summed E-state index contributed by atoms with van der Waals surface area (Å²) in [5.74, 6) is 0.329. The molecule has 3 rings (SSSR count). The van der Waals surface area contributed by atoms with E-state index in [0.717, 1.165) is 24.9 Å². The summed E-state index contributed by atoms with van der Waals surface area (Å²) < 4.78 is 0. The molecule has 1 heterocycles. The zero-order valence-corrected chi connectivity index (χ0v) is 13.6. The van der Waals surface area contributed by atoms with Gasteiger partial charge in [-0.05, 0) is 37.3 Å². The highest BCUT2D eigenvalue weighted by Gasteiger charge is 2.38. The maximum absolute atomic E-state index is 12.7. The van der Waals surface area contributed by atoms with Gasteiger partial charge in [-0.2, -0.15) is 0 Å². The second-order valence-corrected chi connectivity index (χ2v) is 6.69. The van der Waals surface area contributed by atoms with Crippen molar-refractivity contribution in [1.82, 2.24) is 4.90 Å². The van der Waals surface area contributed by atoms with Crippen LogP contribution in [0.3, 0.4) is 0 Å². The van der Waals surface area contributed by atoms with Crippen LogP contribution in [0.15, 0.2) is 30.3 Å². The van der Waals surface area contributed by atoms with Crippen molar-refractivity contribution in [2.75, 3.05) is 18.5 Å². The van der Waals surface area contributed by atoms with Crippen LogP contribution in [0.2, 0.25) is 0 Å². The second kappa shape index (κ2) is 6.71. The summed E-state index contributed by atoms with van der Waals surface area (Å²) in [6.45, 7) is 0.661. The van der Waals surface area contributed by atoms with Crippen LogP contribution in [0.5, 0.6) is 0 Å². The van der Waals surface area contributed by atoms with E-state index in [2.05, 4.69) is 0 Å². The number of rotatable bonds is 4. The molecule has 5 nitrogen and oxygen atoms in total. The molecule has 0 spiro atoms. The molecule has 1 aliphatic carbocycles. The second-order valence-electron chi connectivity index (χ2n) is 6.69. The van der Waals surface area contributed by atoms with Gasteiger partial charge in [-0.3, -0.25) is 9.59 Å². The Bertz CT molecular complexity index is 575. The normalized spacial score (nSPS) is 27.5. The van der Waals surface area contributed by atoms with Crippen molar-refractivity contribution in [1.29, 1.82) is 0 Å². The molecular formula is C18H25N3O2. The van der Waals surface area contributed by atoms with E-state index >= 15 is 0 Å². The van der Waals surface area contributed by atoms with E-state index in [0.29, 0.717) is 19.4 Å². The molecule has 1 aliphatic heterocycles. The van der Waals surface area contributed by atoms with Gasteiger partial charge in [-0.1, -0.05) is 24.6 Å². The molecule has 5 heteroatoms. The number of likely N-dealkylation sites (N-methyl/N-ethyl adjacent to an activating group) is 1. The van der Waals surface area contributed by atoms with E-state index in [1.54, 1.807) is 16.8 Å². The number of nitrogens with zero attached hydrogens (tertiary/aromatic N) is 2. The van der Waals surface area contributed by atoms with Crippen molar-refractivity contribution in [3.05, 3.63) is 30.3 Å². The van der Waals surface area contributed by atoms with Crippen molar-refractivity contribution in [2.24, 2.45) is 11.7 Å². The Labute approximate surface area is 137 Å². The third kappa shape index (κ3) is 3.24. The Morgan fingerprint density at radius 3 is 2.65 bits per heavy atom. The van der Waals surface area contributed by atoms with Crippen LogP contribution in [0, 0.1) is 5.92 Å². The molecule has 0 radical (unpaired) electrons. The molecule has 0 aromatic heterocycles. The first kappa shape index (κ1) is 16.0. The predicted octanol–water partition coefficient (Wildman–Crippen LogP) is 1.77. The number of carbonyl (C=O) groups excluding carboxylic acids is 2. The lowest BCUT2D eigenvalue weighted by Gasteiger charge is -2.26. The van der Waals surface area contributed by atoms with Crippen LogP contribution in [0.25, 0.3) is 0 Å². The first-order valence-electron chi connectivity index (χ1n) is 8.45. The SMILES string of the molecule is CN(C(=O)C[C@@H]1CCC[C@H]1N)C1CCN(c2ccccc2)C1=O. The fraction of sp³-hybridized carbons (Fsp3) is 0.556. The number of para-hydroxylation sites is 1. The highest BCUT2D eigenvalue weighted by Crippen LogP contribution is 2.29. The average molecular weight is 315 g/mol. The molecule has 2 fully saturated rings. The Balaban J connectivity index is 1.63. The van der Waals surface area contributed by atoms with Gasteiger partial charge in [-0.15, -0.1) is 0 Å². The highest BCUT2D eigenvalue weighted by atomic mass is 16.2. The van der Waals surface area contributed by atoms with Gasteiger partial charge in [-0.25, -0.2) is 0 Å². The van der Waals surface area contributed by atoms with Gasteiger partial charge < -0.3 is 15.5 Å². The standard InChI is InChI=1S/C18H25N3O2/c1-20(17(22)12-13-6-5-9-15(13)19)16-10-11-21(18(16)23)14-7-3-2-4-8-14/h2-4,7-8,13,15-16H,5-6,9-12,19H2,1H3/t13-,15+,16?/m0/s1. The first-order valence-corrected chi connectivity index (χ1v) is 8.45. The summed E-state index contributed by atoms with van der Waals surface area (Å²) in [5.41, 5.74) is 6.96. The molecular weight excluding hydrogens is 290 g/mol. The highest BCUT2D eigenvalue weighted by molar-refractivity contribution is 6.01. The molecule has 3 atom stereocenters. The number of carbonyl (C=O) groups is 2. The van der Waals surface area contributed by atoms with Crippen molar-refractivity contribution in [3.63, 3.8) is 0 Å². The number of anilines is 1. The zero-order valence-electron chi connectivity index (χ0n) is 13.6. The Morgan fingerprint density at radius 1 is 1.26 bits per heavy atom. The minimum absolute atomic E-state index is 0.0165. The molecule has 124 valence electrons. The molecule has 1 unspecified atom stereocenters. The monoisotopic (exact) mass is 315 g/mol. The smallest absolute Gasteiger partial charge is 0.249 e. The third-order valence-electron chi connectivity index (χ3n) is 5.26. The molecule has 1 saturated heterocycles. The average Bonchev–Trinajstić information content (AvgIpc) is 3.14. The lowest BCUT2D eigenvalue weighted by atomic mass is 9.99. The van der Waals surface area contributed by atoms with E-state index in [9.17, 15) is 9.59 Å². The minimum atomic E-state index is -0.347. The summed E-state index contributed by atoms with van der Waals surface area (Å²) >= 11 is 0. The summed E-state index contributed by atoms with van der Waals surface area (Å²) in [4.78, 5) is 28.6. The van der Waals surface area contributed by atoms with Gasteiger partial charge >= 0.3 is 0 Å². The van der Waals surface area contributed by atoms with E-state index in [1.807, 2.05) is 30.3 Å². The number of hydrogen-bond donors (Lipinski definition) is 1. The van der Waals surface area contributed by atoms with Crippen LogP contribution < -0.4 is 10.6 Å². The third-order valence-corrected chi connectivity index (χ3v) is 5.26. The van der Waals surface area contributed by atoms with E-state index in [1.165, 1.54) is 0 Å². The van der Waals surface area contributed by atoms with Gasteiger partial charge in [0.25, 0.3) is 0 Å². The Hall–Kier alpha value is -1.88. The quantitative estimate of drug-likeness (QED) is 0.921. The minimum Gasteiger partial charge on any atom is -0.334 e. The summed E-state index contributed by atoms with van der Waals surface area (Å²) in [6, 6.07) is 9.42. The van der Waals surface area contributed by atoms with Gasteiger partial charge in [0, 0.05) is 31.7 Å². The number of hydrogen-bond acceptors (Lipinski definition) is 3. The maximum atomic E-state index is 12.7. The van der Waals surface area contributed by atoms with Crippen LogP contribution in [-0.4, -0.2) is 42.4 Å². The van der Waals surface area contributed by atoms with Crippen LogP contribution in [0.4, 0.5) is 5.69 Å². The fourth-order valence-electron chi connectivity index (χ4n) is 3.75. The molecule has 0 bridgehead atoms. The lowest BCUT2D eigenvalue weighted by molar-refractivity contribution is -0.137. The van der Waals surface area contributed by atoms with Gasteiger partial charge in [0.05, 0.1) is 0 Å². The molecule has 2 aliphatic rings. The predicted molar refractivity (Wildman–Crippen MR) is 89.9 cm³/mol. The van der Waals surface area contributed by atoms with Crippen LogP contribution in [0.1, 0.15) is 32.1 Å². The van der Waals surface area contributed by atoms with Crippen molar-refractivity contribution >= 4 is 17.5 Å². The number of benzene rings is 1. The summed E-state index contributed by atoms with van der Waals surface area (Å²) in [5, 5.41) is 0. The Kier molecular flexibility index (Phi) is 4.66. The number of nitrogens with two attached hydrogens (primary N) is 1. The van der Waals surface area contributed by atoms with Gasteiger partial charge in [0.15, 0.2) is 0 Å². The summed E-state index contributed by atoms with van der Waals surface area (Å²) in [6.07, 6.45) is 4.29. The zero-order chi connectivity index (χ0) is 16.4. The molecule has 1 aromatic rings. The fourth-order valence-corrected chi connectivity index (χ4v) is 3.75. The number of amides is 2. The van der Waals surface area contributed by atoms with Gasteiger partial charge in [0.1, 0.15) is 6.04 Å². The van der Waals surface area contributed by atoms with Crippen molar-refractivity contribution in [2.45, 2.75) is 44.2 Å². The van der Waals surface area contributed by atoms with E-state index in [-0.39, 0.29) is 29.8 Å². The Morgan fingerprint density at radius 2 is 2.00 bits per heavy atom. The summed E-state index contributed by atoms with van der Waals surface area (Å²) in [7, 11) is 1.75. The molecule has 2 N–H and O–H groups in total. The molecule has 2 amide bonds. The van der Waals surface area contributed by atoms with Crippen molar-refractivity contribution < 1.29 is 9.59 Å². The maximum Gasteiger partial charge on any atom is 0.249 e. The largest absolute Gasteiger partial charge is 0.334 e.